The number of aliphatic hydroxyl groups excluding tert-OH is 7. The summed E-state index contributed by atoms with van der Waals surface area (Å²) in [5.74, 6) is -0.983. The monoisotopic (exact) mass is 927 g/mol. The minimum Gasteiger partial charge on any atom is -0.462 e. The minimum atomic E-state index is -1.77. The van der Waals surface area contributed by atoms with Crippen molar-refractivity contribution in [1.29, 1.82) is 0 Å². The normalized spacial score (nSPS) is 26.8. The molecule has 0 aromatic rings. The molecule has 0 aromatic carbocycles. The molecule has 2 fully saturated rings. The highest BCUT2D eigenvalue weighted by atomic mass is 16.7. The molecule has 0 amide bonds. The highest BCUT2D eigenvalue weighted by Crippen LogP contribution is 2.26. The Kier molecular flexibility index (Phi) is 33.7. The Balaban J connectivity index is 1.85. The first-order valence-corrected chi connectivity index (χ1v) is 24.7. The molecule has 0 bridgehead atoms. The third kappa shape index (κ3) is 26.0. The van der Waals surface area contributed by atoms with Crippen molar-refractivity contribution < 1.29 is 73.8 Å². The summed E-state index contributed by atoms with van der Waals surface area (Å²) in [5.41, 5.74) is 0. The van der Waals surface area contributed by atoms with Crippen LogP contribution in [0, 0.1) is 0 Å². The number of unbranched alkanes of at least 4 members (excludes halogenated alkanes) is 15. The molecule has 2 aliphatic rings. The quantitative estimate of drug-likeness (QED) is 0.0205. The molecule has 15 nitrogen and oxygen atoms in total. The van der Waals surface area contributed by atoms with Crippen LogP contribution in [0.15, 0.2) is 48.6 Å². The van der Waals surface area contributed by atoms with E-state index in [1.165, 1.54) is 51.4 Å². The summed E-state index contributed by atoms with van der Waals surface area (Å²) in [7, 11) is 0. The molecular weight excluding hydrogens is 841 g/mol. The third-order valence-corrected chi connectivity index (χ3v) is 11.5. The molecule has 376 valence electrons. The van der Waals surface area contributed by atoms with Crippen LogP contribution >= 0.6 is 0 Å². The van der Waals surface area contributed by atoms with Gasteiger partial charge in [-0.15, -0.1) is 0 Å². The molecule has 0 spiro atoms. The lowest BCUT2D eigenvalue weighted by Crippen LogP contribution is -2.61. The van der Waals surface area contributed by atoms with E-state index >= 15 is 0 Å². The Bertz CT molecular complexity index is 1320. The lowest BCUT2D eigenvalue weighted by atomic mass is 9.98. The smallest absolute Gasteiger partial charge is 0.306 e. The first-order valence-electron chi connectivity index (χ1n) is 24.7. The van der Waals surface area contributed by atoms with Crippen molar-refractivity contribution in [1.82, 2.24) is 0 Å². The van der Waals surface area contributed by atoms with E-state index in [0.717, 1.165) is 70.6 Å². The second-order valence-corrected chi connectivity index (χ2v) is 17.3. The van der Waals surface area contributed by atoms with Crippen molar-refractivity contribution in [2.75, 3.05) is 26.4 Å². The molecule has 2 heterocycles. The fourth-order valence-electron chi connectivity index (χ4n) is 7.39. The summed E-state index contributed by atoms with van der Waals surface area (Å²) in [6, 6.07) is 0. The van der Waals surface area contributed by atoms with Crippen molar-refractivity contribution in [3.63, 3.8) is 0 Å². The zero-order valence-electron chi connectivity index (χ0n) is 39.5. The van der Waals surface area contributed by atoms with Gasteiger partial charge in [-0.05, 0) is 77.0 Å². The van der Waals surface area contributed by atoms with Crippen molar-refractivity contribution in [2.45, 2.75) is 229 Å². The van der Waals surface area contributed by atoms with Gasteiger partial charge in [0.25, 0.3) is 0 Å². The number of hydrogen-bond acceptors (Lipinski definition) is 15. The Morgan fingerprint density at radius 3 is 1.52 bits per heavy atom. The van der Waals surface area contributed by atoms with Crippen molar-refractivity contribution in [3.8, 4) is 0 Å². The van der Waals surface area contributed by atoms with Crippen LogP contribution in [0.4, 0.5) is 0 Å². The molecule has 2 saturated heterocycles. The summed E-state index contributed by atoms with van der Waals surface area (Å²) >= 11 is 0. The van der Waals surface area contributed by atoms with E-state index in [4.69, 9.17) is 28.4 Å². The third-order valence-electron chi connectivity index (χ3n) is 11.5. The van der Waals surface area contributed by atoms with Gasteiger partial charge in [-0.3, -0.25) is 9.59 Å². The largest absolute Gasteiger partial charge is 0.462 e. The molecule has 0 aromatic heterocycles. The van der Waals surface area contributed by atoms with Crippen LogP contribution < -0.4 is 0 Å². The molecule has 0 saturated carbocycles. The summed E-state index contributed by atoms with van der Waals surface area (Å²) in [6.07, 6.45) is 22.9. The maximum Gasteiger partial charge on any atom is 0.306 e. The summed E-state index contributed by atoms with van der Waals surface area (Å²) < 4.78 is 33.5. The Morgan fingerprint density at radius 1 is 0.492 bits per heavy atom. The van der Waals surface area contributed by atoms with Gasteiger partial charge >= 0.3 is 11.9 Å². The number of esters is 2. The highest BCUT2D eigenvalue weighted by molar-refractivity contribution is 5.70. The van der Waals surface area contributed by atoms with Gasteiger partial charge in [-0.25, -0.2) is 0 Å². The molecule has 0 aliphatic carbocycles. The predicted molar refractivity (Wildman–Crippen MR) is 247 cm³/mol. The van der Waals surface area contributed by atoms with Gasteiger partial charge in [0.15, 0.2) is 18.7 Å². The molecule has 7 N–H and O–H groups in total. The van der Waals surface area contributed by atoms with Crippen molar-refractivity contribution in [3.05, 3.63) is 48.6 Å². The van der Waals surface area contributed by atoms with E-state index in [0.29, 0.717) is 12.8 Å². The van der Waals surface area contributed by atoms with Crippen LogP contribution in [-0.4, -0.2) is 142 Å². The van der Waals surface area contributed by atoms with Gasteiger partial charge in [-0.1, -0.05) is 120 Å². The first-order chi connectivity index (χ1) is 31.5. The zero-order chi connectivity index (χ0) is 47.5. The van der Waals surface area contributed by atoms with Crippen LogP contribution in [0.5, 0.6) is 0 Å². The number of ether oxygens (including phenoxy) is 6. The average Bonchev–Trinajstić information content (AvgIpc) is 3.30. The van der Waals surface area contributed by atoms with Gasteiger partial charge < -0.3 is 64.2 Å². The lowest BCUT2D eigenvalue weighted by molar-refractivity contribution is -0.332. The maximum absolute atomic E-state index is 13.0. The van der Waals surface area contributed by atoms with Crippen LogP contribution in [0.3, 0.4) is 0 Å². The first kappa shape index (κ1) is 58.6. The molecule has 4 unspecified atom stereocenters. The molecule has 2 rings (SSSR count). The van der Waals surface area contributed by atoms with E-state index < -0.39 is 99.3 Å². The van der Waals surface area contributed by atoms with Gasteiger partial charge in [0.05, 0.1) is 19.8 Å². The van der Waals surface area contributed by atoms with Crippen molar-refractivity contribution in [2.24, 2.45) is 0 Å². The number of allylic oxidation sites excluding steroid dienone is 8. The number of carbonyl (C=O) groups excluding carboxylic acids is 2. The second kappa shape index (κ2) is 37.4. The average molecular weight is 927 g/mol. The van der Waals surface area contributed by atoms with Crippen LogP contribution in [0.2, 0.25) is 0 Å². The molecule has 11 atom stereocenters. The number of aliphatic hydroxyl groups is 7. The molecule has 15 heteroatoms. The van der Waals surface area contributed by atoms with Crippen molar-refractivity contribution >= 4 is 11.9 Å². The molecule has 65 heavy (non-hydrogen) atoms. The Labute approximate surface area is 388 Å². The Morgan fingerprint density at radius 2 is 0.923 bits per heavy atom. The van der Waals surface area contributed by atoms with E-state index in [-0.39, 0.29) is 19.4 Å². The Hall–Kier alpha value is -2.54. The maximum atomic E-state index is 13.0. The zero-order valence-corrected chi connectivity index (χ0v) is 39.5. The topological polar surface area (TPSA) is 231 Å². The van der Waals surface area contributed by atoms with E-state index in [2.05, 4.69) is 62.5 Å². The van der Waals surface area contributed by atoms with Gasteiger partial charge in [-0.2, -0.15) is 0 Å². The lowest BCUT2D eigenvalue weighted by Gasteiger charge is -2.42. The van der Waals surface area contributed by atoms with Gasteiger partial charge in [0, 0.05) is 12.8 Å². The number of rotatable bonds is 37. The van der Waals surface area contributed by atoms with E-state index in [1.54, 1.807) is 0 Å². The summed E-state index contributed by atoms with van der Waals surface area (Å²) in [6.45, 7) is 2.48. The minimum absolute atomic E-state index is 0.146. The second-order valence-electron chi connectivity index (χ2n) is 17.3. The number of carbonyl (C=O) groups is 2. The molecule has 2 aliphatic heterocycles. The summed E-state index contributed by atoms with van der Waals surface area (Å²) in [5, 5.41) is 72.0. The van der Waals surface area contributed by atoms with E-state index in [1.807, 2.05) is 0 Å². The van der Waals surface area contributed by atoms with Crippen LogP contribution in [0.25, 0.3) is 0 Å². The predicted octanol–water partition coefficient (Wildman–Crippen LogP) is 6.32. The van der Waals surface area contributed by atoms with Crippen LogP contribution in [-0.2, 0) is 38.0 Å². The number of hydrogen-bond donors (Lipinski definition) is 7. The fraction of sp³-hybridized carbons (Fsp3) is 0.800. The standard InChI is InChI=1S/C50H86O15/c1-3-5-7-9-11-13-15-17-19-21-22-24-26-28-30-32-41(52)60-35-38(63-42(53)33-31-29-27-25-23-20-18-16-14-12-10-8-6-4-2)36-61-49-48(59)46(57)44(55)40(65-49)37-62-50-47(58)45(56)43(54)39(34-51)64-50/h11,13,16-19,22,24,38-40,43-51,54-59H,3-10,12,14-15,20-21,23,25-37H2,1-2H3/b13-11+,18-16+,19-17+,24-22+/t38-,39-,40-,43+,44+,45?,46?,47?,48?,49-,50-/m1/s1. The molecular formula is C50H86O15. The SMILES string of the molecule is CCCCC/C=C/C/C=C/C/C=C/CCCCC(=O)OC[C@H](CO[C@@H]1O[C@H](CO[C@@H]2O[C@H](CO)[C@H](O)C(O)C2O)[C@H](O)C(O)C1O)OC(=O)CCCCCCC/C=C/CCCCCCC. The molecule has 0 radical (unpaired) electrons. The van der Waals surface area contributed by atoms with Gasteiger partial charge in [0.1, 0.15) is 55.4 Å². The van der Waals surface area contributed by atoms with E-state index in [9.17, 15) is 45.3 Å². The fourth-order valence-corrected chi connectivity index (χ4v) is 7.39. The van der Waals surface area contributed by atoms with Crippen LogP contribution in [0.1, 0.15) is 162 Å². The highest BCUT2D eigenvalue weighted by Gasteiger charge is 2.47. The van der Waals surface area contributed by atoms with Gasteiger partial charge in [0.2, 0.25) is 0 Å². The summed E-state index contributed by atoms with van der Waals surface area (Å²) in [4.78, 5) is 25.7.